The van der Waals surface area contributed by atoms with Crippen molar-refractivity contribution in [2.75, 3.05) is 11.4 Å². The van der Waals surface area contributed by atoms with Gasteiger partial charge in [0.05, 0.1) is 12.1 Å². The van der Waals surface area contributed by atoms with E-state index in [1.165, 1.54) is 5.56 Å². The Morgan fingerprint density at radius 3 is 2.86 bits per heavy atom. The molecule has 1 aliphatic rings. The summed E-state index contributed by atoms with van der Waals surface area (Å²) in [4.78, 5) is 14.1. The zero-order chi connectivity index (χ0) is 14.8. The minimum atomic E-state index is -0.798. The van der Waals surface area contributed by atoms with Crippen molar-refractivity contribution in [1.82, 2.24) is 0 Å². The standard InChI is InChI=1S/C16H14ClNO2S/c17-12-5-6-15-14(9-12)18(8-7-16(19)20)13-4-2-1-3-11(13)10-21-15/h1-6,9H,7-8,10H2,(H,19,20). The van der Waals surface area contributed by atoms with E-state index in [4.69, 9.17) is 16.7 Å². The summed E-state index contributed by atoms with van der Waals surface area (Å²) < 4.78 is 0. The normalized spacial score (nSPS) is 13.3. The number of rotatable bonds is 3. The molecule has 2 aromatic rings. The number of aliphatic carboxylic acids is 1. The molecule has 0 spiro atoms. The maximum Gasteiger partial charge on any atom is 0.305 e. The number of carboxylic acids is 1. The molecule has 1 N–H and O–H groups in total. The number of fused-ring (bicyclic) bond motifs is 2. The monoisotopic (exact) mass is 319 g/mol. The Bertz CT molecular complexity index is 690. The highest BCUT2D eigenvalue weighted by molar-refractivity contribution is 7.98. The Morgan fingerprint density at radius 2 is 2.05 bits per heavy atom. The lowest BCUT2D eigenvalue weighted by Gasteiger charge is -2.26. The van der Waals surface area contributed by atoms with Crippen LogP contribution in [0.2, 0.25) is 5.02 Å². The van der Waals surface area contributed by atoms with Crippen LogP contribution >= 0.6 is 23.4 Å². The minimum absolute atomic E-state index is 0.0882. The maximum atomic E-state index is 11.0. The number of nitrogens with zero attached hydrogens (tertiary/aromatic N) is 1. The predicted octanol–water partition coefficient (Wildman–Crippen LogP) is 4.56. The van der Waals surface area contributed by atoms with Gasteiger partial charge in [-0.2, -0.15) is 0 Å². The van der Waals surface area contributed by atoms with Gasteiger partial charge in [0.15, 0.2) is 0 Å². The second kappa shape index (κ2) is 6.00. The number of hydrogen-bond acceptors (Lipinski definition) is 3. The second-order valence-corrected chi connectivity index (χ2v) is 6.28. The van der Waals surface area contributed by atoms with Gasteiger partial charge in [-0.1, -0.05) is 29.8 Å². The summed E-state index contributed by atoms with van der Waals surface area (Å²) in [5, 5.41) is 9.67. The van der Waals surface area contributed by atoms with E-state index in [9.17, 15) is 4.79 Å². The molecular formula is C16H14ClNO2S. The molecule has 21 heavy (non-hydrogen) atoms. The number of hydrogen-bond donors (Lipinski definition) is 1. The minimum Gasteiger partial charge on any atom is -0.481 e. The molecule has 3 rings (SSSR count). The lowest BCUT2D eigenvalue weighted by atomic mass is 10.1. The average molecular weight is 320 g/mol. The van der Waals surface area contributed by atoms with Crippen LogP contribution in [0.3, 0.4) is 0 Å². The largest absolute Gasteiger partial charge is 0.481 e. The molecule has 0 saturated heterocycles. The average Bonchev–Trinajstić information content (AvgIpc) is 2.62. The van der Waals surface area contributed by atoms with Crippen molar-refractivity contribution in [2.45, 2.75) is 17.1 Å². The molecule has 0 bridgehead atoms. The summed E-state index contributed by atoms with van der Waals surface area (Å²) in [6, 6.07) is 13.9. The molecule has 5 heteroatoms. The molecule has 0 fully saturated rings. The lowest BCUT2D eigenvalue weighted by Crippen LogP contribution is -2.21. The first-order valence-electron chi connectivity index (χ1n) is 6.65. The molecule has 2 aromatic carbocycles. The molecular weight excluding hydrogens is 306 g/mol. The number of halogens is 1. The predicted molar refractivity (Wildman–Crippen MR) is 86.7 cm³/mol. The molecule has 108 valence electrons. The van der Waals surface area contributed by atoms with Crippen LogP contribution in [0.15, 0.2) is 47.4 Å². The van der Waals surface area contributed by atoms with Gasteiger partial charge in [-0.3, -0.25) is 4.79 Å². The molecule has 0 unspecified atom stereocenters. The van der Waals surface area contributed by atoms with E-state index in [-0.39, 0.29) is 6.42 Å². The number of carbonyl (C=O) groups is 1. The number of thioether (sulfide) groups is 1. The second-order valence-electron chi connectivity index (χ2n) is 4.82. The topological polar surface area (TPSA) is 40.5 Å². The van der Waals surface area contributed by atoms with Crippen LogP contribution in [-0.2, 0) is 10.5 Å². The number of benzene rings is 2. The fraction of sp³-hybridized carbons (Fsp3) is 0.188. The molecule has 1 heterocycles. The number of anilines is 2. The van der Waals surface area contributed by atoms with Gasteiger partial charge >= 0.3 is 5.97 Å². The fourth-order valence-corrected chi connectivity index (χ4v) is 3.66. The highest BCUT2D eigenvalue weighted by Gasteiger charge is 2.21. The third-order valence-corrected chi connectivity index (χ3v) is 4.77. The molecule has 0 saturated carbocycles. The Balaban J connectivity index is 2.09. The molecule has 0 amide bonds. The van der Waals surface area contributed by atoms with Gasteiger partial charge < -0.3 is 10.0 Å². The van der Waals surface area contributed by atoms with E-state index in [1.807, 2.05) is 36.4 Å². The van der Waals surface area contributed by atoms with E-state index in [0.717, 1.165) is 22.0 Å². The summed E-state index contributed by atoms with van der Waals surface area (Å²) in [6.45, 7) is 0.431. The van der Waals surface area contributed by atoms with E-state index < -0.39 is 5.97 Å². The van der Waals surface area contributed by atoms with Crippen LogP contribution in [-0.4, -0.2) is 17.6 Å². The summed E-state index contributed by atoms with van der Waals surface area (Å²) in [6.07, 6.45) is 0.0882. The lowest BCUT2D eigenvalue weighted by molar-refractivity contribution is -0.136. The van der Waals surface area contributed by atoms with E-state index in [0.29, 0.717) is 11.6 Å². The first-order chi connectivity index (χ1) is 10.1. The van der Waals surface area contributed by atoms with Gasteiger partial charge in [0, 0.05) is 27.9 Å². The van der Waals surface area contributed by atoms with Crippen molar-refractivity contribution < 1.29 is 9.90 Å². The molecule has 0 aliphatic carbocycles. The van der Waals surface area contributed by atoms with E-state index in [1.54, 1.807) is 11.8 Å². The molecule has 3 nitrogen and oxygen atoms in total. The summed E-state index contributed by atoms with van der Waals surface area (Å²) >= 11 is 7.88. The van der Waals surface area contributed by atoms with Crippen LogP contribution in [0.1, 0.15) is 12.0 Å². The zero-order valence-electron chi connectivity index (χ0n) is 11.3. The number of para-hydroxylation sites is 1. The summed E-state index contributed by atoms with van der Waals surface area (Å²) in [5.41, 5.74) is 3.26. The van der Waals surface area contributed by atoms with Gasteiger partial charge in [0.2, 0.25) is 0 Å². The van der Waals surface area contributed by atoms with Gasteiger partial charge in [-0.15, -0.1) is 11.8 Å². The van der Waals surface area contributed by atoms with E-state index >= 15 is 0 Å². The SMILES string of the molecule is O=C(O)CCN1c2ccccc2CSc2ccc(Cl)cc21. The summed E-state index contributed by atoms with van der Waals surface area (Å²) in [7, 11) is 0. The highest BCUT2D eigenvalue weighted by Crippen LogP contribution is 2.43. The molecule has 0 atom stereocenters. The van der Waals surface area contributed by atoms with Crippen molar-refractivity contribution in [1.29, 1.82) is 0 Å². The van der Waals surface area contributed by atoms with Gasteiger partial charge in [-0.05, 0) is 29.8 Å². The Kier molecular flexibility index (Phi) is 4.08. The van der Waals surface area contributed by atoms with Crippen molar-refractivity contribution in [3.8, 4) is 0 Å². The molecule has 0 radical (unpaired) electrons. The third kappa shape index (κ3) is 3.01. The van der Waals surface area contributed by atoms with Gasteiger partial charge in [0.25, 0.3) is 0 Å². The molecule has 0 aromatic heterocycles. The van der Waals surface area contributed by atoms with Gasteiger partial charge in [-0.25, -0.2) is 0 Å². The van der Waals surface area contributed by atoms with Crippen molar-refractivity contribution in [2.24, 2.45) is 0 Å². The quantitative estimate of drug-likeness (QED) is 0.900. The van der Waals surface area contributed by atoms with Gasteiger partial charge in [0.1, 0.15) is 0 Å². The van der Waals surface area contributed by atoms with Crippen molar-refractivity contribution in [3.63, 3.8) is 0 Å². The fourth-order valence-electron chi connectivity index (χ4n) is 2.45. The van der Waals surface area contributed by atoms with E-state index in [2.05, 4.69) is 11.0 Å². The van der Waals surface area contributed by atoms with Crippen molar-refractivity contribution in [3.05, 3.63) is 53.1 Å². The molecule has 1 aliphatic heterocycles. The van der Waals surface area contributed by atoms with Crippen LogP contribution in [0, 0.1) is 0 Å². The Hall–Kier alpha value is -1.65. The zero-order valence-corrected chi connectivity index (χ0v) is 12.8. The number of carboxylic acid groups (broad SMARTS) is 1. The summed E-state index contributed by atoms with van der Waals surface area (Å²) in [5.74, 6) is 0.0712. The highest BCUT2D eigenvalue weighted by atomic mass is 35.5. The van der Waals surface area contributed by atoms with Crippen LogP contribution in [0.5, 0.6) is 0 Å². The Labute approximate surface area is 132 Å². The first kappa shape index (κ1) is 14.3. The first-order valence-corrected chi connectivity index (χ1v) is 8.01. The third-order valence-electron chi connectivity index (χ3n) is 3.43. The van der Waals surface area contributed by atoms with Crippen LogP contribution in [0.4, 0.5) is 11.4 Å². The maximum absolute atomic E-state index is 11.0. The van der Waals surface area contributed by atoms with Crippen LogP contribution < -0.4 is 4.90 Å². The smallest absolute Gasteiger partial charge is 0.305 e. The van der Waals surface area contributed by atoms with Crippen molar-refractivity contribution >= 4 is 40.7 Å². The Morgan fingerprint density at radius 1 is 1.24 bits per heavy atom. The van der Waals surface area contributed by atoms with Crippen LogP contribution in [0.25, 0.3) is 0 Å².